The lowest BCUT2D eigenvalue weighted by Gasteiger charge is -2.00. The van der Waals surface area contributed by atoms with Crippen LogP contribution in [0, 0.1) is 11.6 Å². The van der Waals surface area contributed by atoms with Crippen LogP contribution in [0.1, 0.15) is 16.0 Å². The van der Waals surface area contributed by atoms with Crippen molar-refractivity contribution in [2.24, 2.45) is 0 Å². The van der Waals surface area contributed by atoms with Gasteiger partial charge < -0.3 is 0 Å². The summed E-state index contributed by atoms with van der Waals surface area (Å²) < 4.78 is 26.6. The van der Waals surface area contributed by atoms with E-state index in [9.17, 15) is 13.6 Å². The molecule has 1 amide bonds. The van der Waals surface area contributed by atoms with Gasteiger partial charge in [0.15, 0.2) is 5.13 Å². The van der Waals surface area contributed by atoms with Crippen LogP contribution in [0.25, 0.3) is 6.08 Å². The van der Waals surface area contributed by atoms with E-state index in [0.29, 0.717) is 17.1 Å². The Hall–Kier alpha value is -2.38. The molecule has 3 rings (SSSR count). The number of halogens is 2. The Morgan fingerprint density at radius 2 is 2.17 bits per heavy atom. The van der Waals surface area contributed by atoms with E-state index in [4.69, 9.17) is 0 Å². The number of thiophene rings is 1. The normalized spacial score (nSPS) is 11.1. The van der Waals surface area contributed by atoms with E-state index >= 15 is 0 Å². The summed E-state index contributed by atoms with van der Waals surface area (Å²) >= 11 is 2.81. The maximum atomic E-state index is 13.7. The van der Waals surface area contributed by atoms with Gasteiger partial charge in [-0.2, -0.15) is 11.3 Å². The number of amides is 1. The van der Waals surface area contributed by atoms with Gasteiger partial charge >= 0.3 is 0 Å². The van der Waals surface area contributed by atoms with Gasteiger partial charge in [0.25, 0.3) is 0 Å². The smallest absolute Gasteiger partial charge is 0.250 e. The van der Waals surface area contributed by atoms with E-state index < -0.39 is 11.6 Å². The molecule has 0 aliphatic rings. The SMILES string of the molecule is O=C(/C=C/c1ccsc1)Nc1ncc(Cc2ccc(F)cc2F)s1. The average Bonchev–Trinajstić information content (AvgIpc) is 3.20. The number of nitrogens with zero attached hydrogens (tertiary/aromatic N) is 1. The van der Waals surface area contributed by atoms with Gasteiger partial charge in [0.1, 0.15) is 11.6 Å². The molecule has 0 saturated heterocycles. The second-order valence-electron chi connectivity index (χ2n) is 4.92. The number of hydrogen-bond acceptors (Lipinski definition) is 4. The predicted octanol–water partition coefficient (Wildman–Crippen LogP) is 4.73. The number of rotatable bonds is 5. The first-order valence-electron chi connectivity index (χ1n) is 7.00. The minimum absolute atomic E-state index is 0.282. The number of nitrogens with one attached hydrogen (secondary N) is 1. The van der Waals surface area contributed by atoms with Crippen LogP contribution in [-0.2, 0) is 11.2 Å². The number of thiazole rings is 1. The molecular formula is C17H12F2N2OS2. The lowest BCUT2D eigenvalue weighted by Crippen LogP contribution is -2.06. The minimum atomic E-state index is -0.606. The zero-order valence-corrected chi connectivity index (χ0v) is 14.0. The average molecular weight is 362 g/mol. The molecule has 0 bridgehead atoms. The monoisotopic (exact) mass is 362 g/mol. The predicted molar refractivity (Wildman–Crippen MR) is 93.3 cm³/mol. The molecule has 1 aromatic carbocycles. The van der Waals surface area contributed by atoms with Gasteiger partial charge in [0.2, 0.25) is 5.91 Å². The Labute approximate surface area is 145 Å². The zero-order valence-electron chi connectivity index (χ0n) is 12.3. The lowest BCUT2D eigenvalue weighted by molar-refractivity contribution is -0.111. The Morgan fingerprint density at radius 1 is 1.29 bits per heavy atom. The van der Waals surface area contributed by atoms with Crippen molar-refractivity contribution in [3.8, 4) is 0 Å². The largest absolute Gasteiger partial charge is 0.298 e. The minimum Gasteiger partial charge on any atom is -0.298 e. The van der Waals surface area contributed by atoms with E-state index in [-0.39, 0.29) is 5.91 Å². The third kappa shape index (κ3) is 4.33. The molecule has 1 N–H and O–H groups in total. The highest BCUT2D eigenvalue weighted by Crippen LogP contribution is 2.22. The van der Waals surface area contributed by atoms with Crippen molar-refractivity contribution < 1.29 is 13.6 Å². The van der Waals surface area contributed by atoms with Crippen molar-refractivity contribution in [1.29, 1.82) is 0 Å². The molecule has 3 nitrogen and oxygen atoms in total. The van der Waals surface area contributed by atoms with Gasteiger partial charge in [0.05, 0.1) is 0 Å². The molecule has 2 heterocycles. The summed E-state index contributed by atoms with van der Waals surface area (Å²) in [5.41, 5.74) is 1.34. The second kappa shape index (κ2) is 7.46. The van der Waals surface area contributed by atoms with Crippen LogP contribution in [0.5, 0.6) is 0 Å². The third-order valence-corrected chi connectivity index (χ3v) is 4.75. The van der Waals surface area contributed by atoms with Gasteiger partial charge in [-0.05, 0) is 40.1 Å². The molecule has 3 aromatic rings. The van der Waals surface area contributed by atoms with E-state index in [1.807, 2.05) is 16.8 Å². The standard InChI is InChI=1S/C17H12F2N2OS2/c18-13-3-2-12(15(19)8-13)7-14-9-20-17(24-14)21-16(22)4-1-11-5-6-23-10-11/h1-6,8-10H,7H2,(H,20,21,22)/b4-1+. The van der Waals surface area contributed by atoms with E-state index in [2.05, 4.69) is 10.3 Å². The Bertz CT molecular complexity index is 873. The first-order valence-corrected chi connectivity index (χ1v) is 8.76. The maximum absolute atomic E-state index is 13.7. The number of carbonyl (C=O) groups is 1. The first kappa shape index (κ1) is 16.5. The summed E-state index contributed by atoms with van der Waals surface area (Å²) in [7, 11) is 0. The van der Waals surface area contributed by atoms with Crippen molar-refractivity contribution in [3.05, 3.63) is 74.9 Å². The number of carbonyl (C=O) groups excluding carboxylic acids is 1. The van der Waals surface area contributed by atoms with Gasteiger partial charge in [-0.3, -0.25) is 10.1 Å². The van der Waals surface area contributed by atoms with Crippen LogP contribution >= 0.6 is 22.7 Å². The van der Waals surface area contributed by atoms with Gasteiger partial charge in [-0.15, -0.1) is 11.3 Å². The van der Waals surface area contributed by atoms with Gasteiger partial charge in [0, 0.05) is 29.6 Å². The molecule has 0 fully saturated rings. The molecule has 2 aromatic heterocycles. The summed E-state index contributed by atoms with van der Waals surface area (Å²) in [6, 6.07) is 5.39. The molecule has 24 heavy (non-hydrogen) atoms. The molecule has 0 aliphatic heterocycles. The maximum Gasteiger partial charge on any atom is 0.250 e. The van der Waals surface area contributed by atoms with Crippen LogP contribution < -0.4 is 5.32 Å². The molecular weight excluding hydrogens is 350 g/mol. The highest BCUT2D eigenvalue weighted by atomic mass is 32.1. The van der Waals surface area contributed by atoms with Crippen LogP contribution in [-0.4, -0.2) is 10.9 Å². The molecule has 0 atom stereocenters. The highest BCUT2D eigenvalue weighted by molar-refractivity contribution is 7.15. The van der Waals surface area contributed by atoms with E-state index in [1.54, 1.807) is 23.6 Å². The number of benzene rings is 1. The number of hydrogen-bond donors (Lipinski definition) is 1. The van der Waals surface area contributed by atoms with Crippen LogP contribution in [0.3, 0.4) is 0 Å². The van der Waals surface area contributed by atoms with Crippen LogP contribution in [0.4, 0.5) is 13.9 Å². The summed E-state index contributed by atoms with van der Waals surface area (Å²) in [5, 5.41) is 6.97. The molecule has 0 aliphatic carbocycles. The summed E-state index contributed by atoms with van der Waals surface area (Å²) in [4.78, 5) is 16.7. The Balaban J connectivity index is 1.62. The van der Waals surface area contributed by atoms with Crippen molar-refractivity contribution in [2.75, 3.05) is 5.32 Å². The third-order valence-electron chi connectivity index (χ3n) is 3.13. The fraction of sp³-hybridized carbons (Fsp3) is 0.0588. The van der Waals surface area contributed by atoms with Gasteiger partial charge in [-0.1, -0.05) is 6.07 Å². The number of aromatic nitrogens is 1. The molecule has 0 unspecified atom stereocenters. The van der Waals surface area contributed by atoms with Crippen LogP contribution in [0.15, 0.2) is 47.3 Å². The molecule has 0 saturated carbocycles. The molecule has 0 radical (unpaired) electrons. The lowest BCUT2D eigenvalue weighted by atomic mass is 10.1. The van der Waals surface area contributed by atoms with Crippen molar-refractivity contribution >= 4 is 39.8 Å². The molecule has 0 spiro atoms. The topological polar surface area (TPSA) is 42.0 Å². The Morgan fingerprint density at radius 3 is 2.92 bits per heavy atom. The quantitative estimate of drug-likeness (QED) is 0.667. The molecule has 7 heteroatoms. The zero-order chi connectivity index (χ0) is 16.9. The fourth-order valence-electron chi connectivity index (χ4n) is 1.99. The Kier molecular flexibility index (Phi) is 5.12. The summed E-state index contributed by atoms with van der Waals surface area (Å²) in [5.74, 6) is -1.48. The summed E-state index contributed by atoms with van der Waals surface area (Å²) in [6.45, 7) is 0. The molecule has 122 valence electrons. The summed E-state index contributed by atoms with van der Waals surface area (Å²) in [6.07, 6.45) is 5.02. The fourth-order valence-corrected chi connectivity index (χ4v) is 3.46. The highest BCUT2D eigenvalue weighted by Gasteiger charge is 2.09. The van der Waals surface area contributed by atoms with E-state index in [0.717, 1.165) is 16.5 Å². The van der Waals surface area contributed by atoms with Crippen LogP contribution in [0.2, 0.25) is 0 Å². The first-order chi connectivity index (χ1) is 11.6. The van der Waals surface area contributed by atoms with Gasteiger partial charge in [-0.25, -0.2) is 13.8 Å². The van der Waals surface area contributed by atoms with Crippen molar-refractivity contribution in [3.63, 3.8) is 0 Å². The number of anilines is 1. The second-order valence-corrected chi connectivity index (χ2v) is 6.82. The van der Waals surface area contributed by atoms with E-state index in [1.165, 1.54) is 29.5 Å². The van der Waals surface area contributed by atoms with Crippen molar-refractivity contribution in [2.45, 2.75) is 6.42 Å². The van der Waals surface area contributed by atoms with Crippen molar-refractivity contribution in [1.82, 2.24) is 4.98 Å².